The van der Waals surface area contributed by atoms with Gasteiger partial charge in [-0.3, -0.25) is 0 Å². The number of aryl methyl sites for hydroxylation is 1. The first-order valence-electron chi connectivity index (χ1n) is 7.40. The first-order chi connectivity index (χ1) is 10.3. The summed E-state index contributed by atoms with van der Waals surface area (Å²) in [6.45, 7) is 0.792. The van der Waals surface area contributed by atoms with E-state index in [1.165, 1.54) is 16.7 Å². The zero-order valence-electron chi connectivity index (χ0n) is 12.3. The number of benzene rings is 2. The molecule has 110 valence electrons. The van der Waals surface area contributed by atoms with E-state index in [0.29, 0.717) is 0 Å². The lowest BCUT2D eigenvalue weighted by molar-refractivity contribution is 0.357. The number of rotatable bonds is 5. The predicted octanol–water partition coefficient (Wildman–Crippen LogP) is 3.26. The first kappa shape index (κ1) is 14.0. The molecule has 0 saturated carbocycles. The summed E-state index contributed by atoms with van der Waals surface area (Å²) in [5, 5.41) is 0. The lowest BCUT2D eigenvalue weighted by atomic mass is 9.97. The van der Waals surface area contributed by atoms with Crippen LogP contribution in [0.2, 0.25) is 0 Å². The van der Waals surface area contributed by atoms with Crippen molar-refractivity contribution in [2.45, 2.75) is 25.3 Å². The number of nitrogens with two attached hydrogens (primary N) is 1. The quantitative estimate of drug-likeness (QED) is 0.916. The molecule has 0 amide bonds. The van der Waals surface area contributed by atoms with Crippen molar-refractivity contribution in [3.63, 3.8) is 0 Å². The second kappa shape index (κ2) is 6.19. The molecule has 2 aromatic carbocycles. The molecule has 1 atom stereocenters. The van der Waals surface area contributed by atoms with Crippen LogP contribution in [0.4, 0.5) is 0 Å². The Bertz CT molecular complexity index is 607. The molecule has 2 N–H and O–H groups in total. The molecule has 0 fully saturated rings. The summed E-state index contributed by atoms with van der Waals surface area (Å²) in [4.78, 5) is 0. The second-order valence-corrected chi connectivity index (χ2v) is 5.46. The summed E-state index contributed by atoms with van der Waals surface area (Å²) in [7, 11) is 1.68. The van der Waals surface area contributed by atoms with Gasteiger partial charge in [0.25, 0.3) is 0 Å². The molecule has 2 aromatic rings. The topological polar surface area (TPSA) is 44.5 Å². The Hall–Kier alpha value is -2.00. The highest BCUT2D eigenvalue weighted by atomic mass is 16.5. The third kappa shape index (κ3) is 3.19. The van der Waals surface area contributed by atoms with Crippen molar-refractivity contribution in [3.05, 3.63) is 59.2 Å². The smallest absolute Gasteiger partial charge is 0.122 e. The van der Waals surface area contributed by atoms with E-state index in [0.717, 1.165) is 37.4 Å². The van der Waals surface area contributed by atoms with Crippen LogP contribution in [-0.2, 0) is 12.8 Å². The van der Waals surface area contributed by atoms with E-state index in [-0.39, 0.29) is 6.04 Å². The van der Waals surface area contributed by atoms with Crippen LogP contribution in [-0.4, -0.2) is 13.7 Å². The van der Waals surface area contributed by atoms with Gasteiger partial charge < -0.3 is 15.2 Å². The first-order valence-corrected chi connectivity index (χ1v) is 7.40. The Morgan fingerprint density at radius 3 is 2.76 bits per heavy atom. The van der Waals surface area contributed by atoms with Gasteiger partial charge >= 0.3 is 0 Å². The molecular weight excluding hydrogens is 262 g/mol. The van der Waals surface area contributed by atoms with Gasteiger partial charge in [-0.15, -0.1) is 0 Å². The van der Waals surface area contributed by atoms with Gasteiger partial charge in [0.2, 0.25) is 0 Å². The second-order valence-electron chi connectivity index (χ2n) is 5.46. The fourth-order valence-electron chi connectivity index (χ4n) is 2.72. The Labute approximate surface area is 125 Å². The molecule has 0 aromatic heterocycles. The third-order valence-corrected chi connectivity index (χ3v) is 4.04. The number of hydrogen-bond acceptors (Lipinski definition) is 3. The monoisotopic (exact) mass is 283 g/mol. The van der Waals surface area contributed by atoms with E-state index >= 15 is 0 Å². The van der Waals surface area contributed by atoms with Gasteiger partial charge in [0, 0.05) is 12.5 Å². The summed E-state index contributed by atoms with van der Waals surface area (Å²) in [5.41, 5.74) is 10.1. The number of methoxy groups -OCH3 is 1. The van der Waals surface area contributed by atoms with Gasteiger partial charge in [-0.2, -0.15) is 0 Å². The van der Waals surface area contributed by atoms with Crippen molar-refractivity contribution >= 4 is 0 Å². The lowest BCUT2D eigenvalue weighted by Gasteiger charge is -2.13. The van der Waals surface area contributed by atoms with Crippen LogP contribution in [0, 0.1) is 0 Å². The molecule has 1 heterocycles. The summed E-state index contributed by atoms with van der Waals surface area (Å²) in [5.74, 6) is 1.91. The van der Waals surface area contributed by atoms with E-state index in [2.05, 4.69) is 24.3 Å². The highest BCUT2D eigenvalue weighted by Gasteiger charge is 2.14. The van der Waals surface area contributed by atoms with E-state index in [9.17, 15) is 0 Å². The molecule has 0 spiro atoms. The summed E-state index contributed by atoms with van der Waals surface area (Å²) in [6.07, 6.45) is 2.90. The molecule has 0 aliphatic carbocycles. The van der Waals surface area contributed by atoms with Gasteiger partial charge in [0.1, 0.15) is 11.5 Å². The Balaban J connectivity index is 1.61. The SMILES string of the molecule is COc1ccc(CCC(N)c2ccc3c(c2)CCO3)cc1. The van der Waals surface area contributed by atoms with Gasteiger partial charge in [0.15, 0.2) is 0 Å². The molecule has 3 heteroatoms. The molecular formula is C18H21NO2. The highest BCUT2D eigenvalue weighted by Crippen LogP contribution is 2.28. The van der Waals surface area contributed by atoms with Crippen LogP contribution in [0.5, 0.6) is 11.5 Å². The van der Waals surface area contributed by atoms with Crippen LogP contribution in [0.15, 0.2) is 42.5 Å². The number of hydrogen-bond donors (Lipinski definition) is 1. The fourth-order valence-corrected chi connectivity index (χ4v) is 2.72. The van der Waals surface area contributed by atoms with Crippen LogP contribution in [0.3, 0.4) is 0 Å². The predicted molar refractivity (Wildman–Crippen MR) is 83.9 cm³/mol. The van der Waals surface area contributed by atoms with Crippen molar-refractivity contribution in [3.8, 4) is 11.5 Å². The molecule has 1 aliphatic rings. The van der Waals surface area contributed by atoms with Crippen LogP contribution in [0.25, 0.3) is 0 Å². The van der Waals surface area contributed by atoms with Gasteiger partial charge in [0.05, 0.1) is 13.7 Å². The van der Waals surface area contributed by atoms with Crippen molar-refractivity contribution in [2.75, 3.05) is 13.7 Å². The Morgan fingerprint density at radius 2 is 2.00 bits per heavy atom. The summed E-state index contributed by atoms with van der Waals surface area (Å²) < 4.78 is 10.7. The maximum absolute atomic E-state index is 6.33. The molecule has 1 unspecified atom stereocenters. The normalized spacial score (nSPS) is 14.4. The Morgan fingerprint density at radius 1 is 1.19 bits per heavy atom. The number of fused-ring (bicyclic) bond motifs is 1. The lowest BCUT2D eigenvalue weighted by Crippen LogP contribution is -2.11. The van der Waals surface area contributed by atoms with Crippen molar-refractivity contribution in [1.82, 2.24) is 0 Å². The van der Waals surface area contributed by atoms with E-state index < -0.39 is 0 Å². The third-order valence-electron chi connectivity index (χ3n) is 4.04. The molecule has 1 aliphatic heterocycles. The van der Waals surface area contributed by atoms with Gasteiger partial charge in [-0.05, 0) is 47.7 Å². The van der Waals surface area contributed by atoms with Crippen LogP contribution < -0.4 is 15.2 Å². The number of ether oxygens (including phenoxy) is 2. The minimum Gasteiger partial charge on any atom is -0.497 e. The van der Waals surface area contributed by atoms with Crippen molar-refractivity contribution < 1.29 is 9.47 Å². The van der Waals surface area contributed by atoms with E-state index in [1.54, 1.807) is 7.11 Å². The molecule has 0 radical (unpaired) electrons. The summed E-state index contributed by atoms with van der Waals surface area (Å²) >= 11 is 0. The highest BCUT2D eigenvalue weighted by molar-refractivity contribution is 5.40. The van der Waals surface area contributed by atoms with Gasteiger partial charge in [-0.1, -0.05) is 24.3 Å². The zero-order chi connectivity index (χ0) is 14.7. The standard InChI is InChI=1S/C18H21NO2/c1-20-16-6-2-13(3-7-16)4-8-17(19)14-5-9-18-15(12-14)10-11-21-18/h2-3,5-7,9,12,17H,4,8,10-11,19H2,1H3. The molecule has 21 heavy (non-hydrogen) atoms. The molecule has 3 nitrogen and oxygen atoms in total. The summed E-state index contributed by atoms with van der Waals surface area (Å²) in [6, 6.07) is 14.6. The largest absolute Gasteiger partial charge is 0.497 e. The minimum atomic E-state index is 0.0676. The minimum absolute atomic E-state index is 0.0676. The Kier molecular flexibility index (Phi) is 4.11. The average molecular weight is 283 g/mol. The maximum atomic E-state index is 6.33. The average Bonchev–Trinajstić information content (AvgIpc) is 3.00. The van der Waals surface area contributed by atoms with Crippen LogP contribution in [0.1, 0.15) is 29.2 Å². The van der Waals surface area contributed by atoms with Crippen molar-refractivity contribution in [2.24, 2.45) is 5.73 Å². The van der Waals surface area contributed by atoms with E-state index in [4.69, 9.17) is 15.2 Å². The van der Waals surface area contributed by atoms with Gasteiger partial charge in [-0.25, -0.2) is 0 Å². The fraction of sp³-hybridized carbons (Fsp3) is 0.333. The van der Waals surface area contributed by atoms with Crippen molar-refractivity contribution in [1.29, 1.82) is 0 Å². The van der Waals surface area contributed by atoms with E-state index in [1.807, 2.05) is 18.2 Å². The molecule has 0 bridgehead atoms. The molecule has 3 rings (SSSR count). The van der Waals surface area contributed by atoms with Crippen LogP contribution >= 0.6 is 0 Å². The zero-order valence-corrected chi connectivity index (χ0v) is 12.3. The molecule has 0 saturated heterocycles. The maximum Gasteiger partial charge on any atom is 0.122 e.